The number of nitrogens with zero attached hydrogens (tertiary/aromatic N) is 2. The Balaban J connectivity index is 2.27. The van der Waals surface area contributed by atoms with Crippen molar-refractivity contribution in [1.29, 1.82) is 0 Å². The maximum atomic E-state index is 11.5. The molecule has 0 saturated heterocycles. The number of rotatable bonds is 9. The minimum Gasteiger partial charge on any atom is -0.481 e. The topological polar surface area (TPSA) is 127 Å². The Morgan fingerprint density at radius 1 is 1.27 bits per heavy atom. The highest BCUT2D eigenvalue weighted by molar-refractivity contribution is 5.92. The zero-order valence-corrected chi connectivity index (χ0v) is 13.9. The SMILES string of the molecule is C=CC(=C)Oc1ccc(-c2nc(NCCC(=O)O)cc(C(N)=O)n2)cc1. The summed E-state index contributed by atoms with van der Waals surface area (Å²) in [5.74, 6) is -0.103. The highest BCUT2D eigenvalue weighted by Crippen LogP contribution is 2.22. The summed E-state index contributed by atoms with van der Waals surface area (Å²) < 4.78 is 5.42. The molecule has 4 N–H and O–H groups in total. The number of primary amides is 1. The summed E-state index contributed by atoms with van der Waals surface area (Å²) in [5.41, 5.74) is 5.96. The van der Waals surface area contributed by atoms with E-state index in [4.69, 9.17) is 15.6 Å². The normalized spacial score (nSPS) is 10.0. The Hall–Kier alpha value is -3.68. The molecule has 2 rings (SSSR count). The summed E-state index contributed by atoms with van der Waals surface area (Å²) in [6.45, 7) is 7.38. The number of nitrogens with two attached hydrogens (primary N) is 1. The average Bonchev–Trinajstić information content (AvgIpc) is 2.61. The number of anilines is 1. The molecule has 0 bridgehead atoms. The second-order valence-corrected chi connectivity index (χ2v) is 5.19. The standard InChI is InChI=1S/C18H18N4O4/c1-3-11(2)26-13-6-4-12(5-7-13)18-21-14(17(19)25)10-15(22-18)20-9-8-16(23)24/h3-7,10H,1-2,8-9H2,(H2,19,25)(H,23,24)(H,20,21,22). The summed E-state index contributed by atoms with van der Waals surface area (Å²) in [4.78, 5) is 30.5. The van der Waals surface area contributed by atoms with Crippen molar-refractivity contribution < 1.29 is 19.4 Å². The minimum absolute atomic E-state index is 0.0215. The number of carbonyl (C=O) groups is 2. The lowest BCUT2D eigenvalue weighted by atomic mass is 10.2. The van der Waals surface area contributed by atoms with Crippen molar-refractivity contribution >= 4 is 17.7 Å². The first-order chi connectivity index (χ1) is 12.4. The maximum Gasteiger partial charge on any atom is 0.305 e. The predicted molar refractivity (Wildman–Crippen MR) is 96.7 cm³/mol. The Morgan fingerprint density at radius 2 is 1.96 bits per heavy atom. The maximum absolute atomic E-state index is 11.5. The van der Waals surface area contributed by atoms with Crippen LogP contribution >= 0.6 is 0 Å². The van der Waals surface area contributed by atoms with Gasteiger partial charge in [0.15, 0.2) is 5.82 Å². The van der Waals surface area contributed by atoms with Gasteiger partial charge in [-0.3, -0.25) is 9.59 Å². The number of benzene rings is 1. The number of aliphatic carboxylic acids is 1. The van der Waals surface area contributed by atoms with Crippen molar-refractivity contribution in [2.75, 3.05) is 11.9 Å². The number of hydrogen-bond donors (Lipinski definition) is 3. The number of amides is 1. The van der Waals surface area contributed by atoms with Crippen molar-refractivity contribution in [3.63, 3.8) is 0 Å². The molecule has 0 aliphatic carbocycles. The third kappa shape index (κ3) is 5.17. The quantitative estimate of drug-likeness (QED) is 0.465. The smallest absolute Gasteiger partial charge is 0.305 e. The second kappa shape index (κ2) is 8.43. The lowest BCUT2D eigenvalue weighted by Gasteiger charge is -2.09. The van der Waals surface area contributed by atoms with Crippen molar-refractivity contribution in [2.24, 2.45) is 5.73 Å². The Morgan fingerprint density at radius 3 is 2.54 bits per heavy atom. The summed E-state index contributed by atoms with van der Waals surface area (Å²) in [6, 6.07) is 8.20. The summed E-state index contributed by atoms with van der Waals surface area (Å²) in [6.07, 6.45) is 1.40. The molecule has 1 aromatic carbocycles. The van der Waals surface area contributed by atoms with Gasteiger partial charge in [0.25, 0.3) is 5.91 Å². The number of allylic oxidation sites excluding steroid dienone is 1. The van der Waals surface area contributed by atoms with Gasteiger partial charge < -0.3 is 20.9 Å². The van der Waals surface area contributed by atoms with Crippen LogP contribution in [0.4, 0.5) is 5.82 Å². The van der Waals surface area contributed by atoms with E-state index in [1.165, 1.54) is 12.1 Å². The van der Waals surface area contributed by atoms with Crippen molar-refractivity contribution in [3.05, 3.63) is 61.0 Å². The first-order valence-electron chi connectivity index (χ1n) is 7.63. The largest absolute Gasteiger partial charge is 0.481 e. The van der Waals surface area contributed by atoms with Crippen molar-refractivity contribution in [3.8, 4) is 17.1 Å². The van der Waals surface area contributed by atoms with Gasteiger partial charge in [0.1, 0.15) is 23.0 Å². The van der Waals surface area contributed by atoms with Gasteiger partial charge >= 0.3 is 5.97 Å². The van der Waals surface area contributed by atoms with E-state index in [0.29, 0.717) is 22.9 Å². The van der Waals surface area contributed by atoms with Crippen LogP contribution in [-0.4, -0.2) is 33.5 Å². The average molecular weight is 354 g/mol. The first kappa shape index (κ1) is 18.7. The second-order valence-electron chi connectivity index (χ2n) is 5.19. The highest BCUT2D eigenvalue weighted by atomic mass is 16.5. The van der Waals surface area contributed by atoms with Crippen molar-refractivity contribution in [2.45, 2.75) is 6.42 Å². The molecular formula is C18H18N4O4. The third-order valence-electron chi connectivity index (χ3n) is 3.21. The number of carbonyl (C=O) groups excluding carboxylic acids is 1. The van der Waals surface area contributed by atoms with E-state index in [1.54, 1.807) is 24.3 Å². The lowest BCUT2D eigenvalue weighted by molar-refractivity contribution is -0.136. The number of carboxylic acids is 1. The van der Waals surface area contributed by atoms with Gasteiger partial charge in [-0.05, 0) is 30.3 Å². The van der Waals surface area contributed by atoms with E-state index >= 15 is 0 Å². The predicted octanol–water partition coefficient (Wildman–Crippen LogP) is 2.21. The van der Waals surface area contributed by atoms with E-state index in [0.717, 1.165) is 0 Å². The molecule has 134 valence electrons. The van der Waals surface area contributed by atoms with Crippen LogP contribution in [0.3, 0.4) is 0 Å². The van der Waals surface area contributed by atoms with E-state index in [1.807, 2.05) is 0 Å². The fraction of sp³-hybridized carbons (Fsp3) is 0.111. The minimum atomic E-state index is -0.946. The van der Waals surface area contributed by atoms with E-state index in [-0.39, 0.29) is 24.5 Å². The summed E-state index contributed by atoms with van der Waals surface area (Å²) >= 11 is 0. The van der Waals surface area contributed by atoms with Crippen molar-refractivity contribution in [1.82, 2.24) is 9.97 Å². The highest BCUT2D eigenvalue weighted by Gasteiger charge is 2.11. The van der Waals surface area contributed by atoms with Gasteiger partial charge in [0.05, 0.1) is 6.42 Å². The Labute approximate surface area is 150 Å². The van der Waals surface area contributed by atoms with E-state index in [9.17, 15) is 9.59 Å². The Bertz CT molecular complexity index is 847. The number of aromatic nitrogens is 2. The molecule has 0 spiro atoms. The third-order valence-corrected chi connectivity index (χ3v) is 3.21. The summed E-state index contributed by atoms with van der Waals surface area (Å²) in [5, 5.41) is 11.5. The number of hydrogen-bond acceptors (Lipinski definition) is 6. The molecule has 8 heteroatoms. The molecule has 2 aromatic rings. The lowest BCUT2D eigenvalue weighted by Crippen LogP contribution is -2.16. The van der Waals surface area contributed by atoms with Crippen LogP contribution in [0.5, 0.6) is 5.75 Å². The molecule has 8 nitrogen and oxygen atoms in total. The molecule has 1 amide bonds. The molecule has 0 saturated carbocycles. The monoisotopic (exact) mass is 354 g/mol. The van der Waals surface area contributed by atoms with Crippen LogP contribution in [0.2, 0.25) is 0 Å². The van der Waals surface area contributed by atoms with E-state index < -0.39 is 11.9 Å². The fourth-order valence-corrected chi connectivity index (χ4v) is 1.96. The molecule has 0 aliphatic rings. The van der Waals surface area contributed by atoms with Gasteiger partial charge in [-0.25, -0.2) is 9.97 Å². The number of ether oxygens (including phenoxy) is 1. The van der Waals surface area contributed by atoms with Crippen LogP contribution in [0.1, 0.15) is 16.9 Å². The van der Waals surface area contributed by atoms with Gasteiger partial charge in [0, 0.05) is 18.2 Å². The van der Waals surface area contributed by atoms with Crippen LogP contribution in [-0.2, 0) is 4.79 Å². The molecule has 1 aromatic heterocycles. The van der Waals surface area contributed by atoms with Gasteiger partial charge in [-0.1, -0.05) is 13.2 Å². The first-order valence-corrected chi connectivity index (χ1v) is 7.63. The van der Waals surface area contributed by atoms with Crippen LogP contribution < -0.4 is 15.8 Å². The molecule has 0 aliphatic heterocycles. The van der Waals surface area contributed by atoms with Crippen LogP contribution in [0.25, 0.3) is 11.4 Å². The van der Waals surface area contributed by atoms with E-state index in [2.05, 4.69) is 28.4 Å². The van der Waals surface area contributed by atoms with Gasteiger partial charge in [-0.15, -0.1) is 0 Å². The fourth-order valence-electron chi connectivity index (χ4n) is 1.96. The molecular weight excluding hydrogens is 336 g/mol. The molecule has 0 atom stereocenters. The summed E-state index contributed by atoms with van der Waals surface area (Å²) in [7, 11) is 0. The Kier molecular flexibility index (Phi) is 6.05. The molecule has 1 heterocycles. The van der Waals surface area contributed by atoms with Gasteiger partial charge in [-0.2, -0.15) is 0 Å². The molecule has 0 radical (unpaired) electrons. The van der Waals surface area contributed by atoms with Gasteiger partial charge in [0.2, 0.25) is 0 Å². The zero-order chi connectivity index (χ0) is 19.1. The zero-order valence-electron chi connectivity index (χ0n) is 13.9. The number of carboxylic acid groups (broad SMARTS) is 1. The molecule has 0 fully saturated rings. The van der Waals surface area contributed by atoms with Crippen LogP contribution in [0.15, 0.2) is 55.3 Å². The molecule has 26 heavy (non-hydrogen) atoms. The molecule has 0 unspecified atom stereocenters. The van der Waals surface area contributed by atoms with Crippen LogP contribution in [0, 0.1) is 0 Å². The number of nitrogens with one attached hydrogen (secondary N) is 1.